The van der Waals surface area contributed by atoms with Crippen LogP contribution < -0.4 is 5.32 Å². The summed E-state index contributed by atoms with van der Waals surface area (Å²) in [5.41, 5.74) is 1.29. The molecule has 0 aliphatic carbocycles. The van der Waals surface area contributed by atoms with Gasteiger partial charge in [0.2, 0.25) is 5.91 Å². The fourth-order valence-electron chi connectivity index (χ4n) is 6.55. The zero-order chi connectivity index (χ0) is 31.8. The van der Waals surface area contributed by atoms with Crippen LogP contribution in [0.25, 0.3) is 5.52 Å². The van der Waals surface area contributed by atoms with E-state index in [0.29, 0.717) is 23.6 Å². The third kappa shape index (κ3) is 6.48. The summed E-state index contributed by atoms with van der Waals surface area (Å²) in [5, 5.41) is 7.35. The monoisotopic (exact) mass is 612 g/mol. The van der Waals surface area contributed by atoms with Gasteiger partial charge < -0.3 is 24.4 Å². The number of hydrogen-bond donors (Lipinski definition) is 1. The number of carbonyl (C=O) groups is 3. The van der Waals surface area contributed by atoms with Crippen LogP contribution in [0.1, 0.15) is 79.0 Å². The van der Waals surface area contributed by atoms with Crippen molar-refractivity contribution >= 4 is 29.2 Å². The highest BCUT2D eigenvalue weighted by molar-refractivity contribution is 5.94. The molecule has 0 radical (unpaired) electrons. The number of rotatable bonds is 9. The number of anilines is 1. The topological polar surface area (TPSA) is 128 Å². The Morgan fingerprint density at radius 1 is 0.955 bits per heavy atom. The molecule has 0 unspecified atom stereocenters. The zero-order valence-electron chi connectivity index (χ0n) is 27.1. The number of carbonyl (C=O) groups excluding carboxylic acids is 3. The number of fused-ring (bicyclic) bond motifs is 1. The molecule has 3 aliphatic heterocycles. The molecule has 44 heavy (non-hydrogen) atoms. The minimum Gasteiger partial charge on any atom is -0.455 e. The average molecular weight is 613 g/mol. The van der Waals surface area contributed by atoms with E-state index < -0.39 is 30.4 Å². The molecule has 5 heterocycles. The van der Waals surface area contributed by atoms with Gasteiger partial charge in [-0.2, -0.15) is 5.10 Å². The van der Waals surface area contributed by atoms with Crippen LogP contribution in [-0.4, -0.2) is 99.3 Å². The molecule has 1 spiro atoms. The van der Waals surface area contributed by atoms with Crippen molar-refractivity contribution in [3.63, 3.8) is 0 Å². The predicted molar refractivity (Wildman–Crippen MR) is 164 cm³/mol. The Kier molecular flexibility index (Phi) is 9.62. The highest BCUT2D eigenvalue weighted by atomic mass is 16.6. The van der Waals surface area contributed by atoms with Gasteiger partial charge in [-0.05, 0) is 64.5 Å². The summed E-state index contributed by atoms with van der Waals surface area (Å²) in [6.45, 7) is 14.3. The van der Waals surface area contributed by atoms with E-state index in [9.17, 15) is 14.4 Å². The second kappa shape index (κ2) is 13.1. The molecule has 2 aromatic heterocycles. The van der Waals surface area contributed by atoms with Gasteiger partial charge in [0.15, 0.2) is 18.0 Å². The number of ether oxygens (including phenoxy) is 3. The lowest BCUT2D eigenvalue weighted by molar-refractivity contribution is -0.171. The summed E-state index contributed by atoms with van der Waals surface area (Å²) in [7, 11) is 2.16. The van der Waals surface area contributed by atoms with Crippen LogP contribution in [0.2, 0.25) is 0 Å². The van der Waals surface area contributed by atoms with Crippen molar-refractivity contribution in [3.05, 3.63) is 24.2 Å². The zero-order valence-corrected chi connectivity index (χ0v) is 27.1. The fraction of sp³-hybridized carbons (Fsp3) is 0.719. The van der Waals surface area contributed by atoms with Gasteiger partial charge in [0.1, 0.15) is 24.1 Å². The number of hydrogen-bond acceptors (Lipinski definition) is 10. The molecule has 1 amide bonds. The van der Waals surface area contributed by atoms with E-state index in [4.69, 9.17) is 14.2 Å². The van der Waals surface area contributed by atoms with Crippen LogP contribution in [-0.2, 0) is 28.6 Å². The maximum Gasteiger partial charge on any atom is 0.308 e. The van der Waals surface area contributed by atoms with Crippen molar-refractivity contribution in [1.29, 1.82) is 0 Å². The highest BCUT2D eigenvalue weighted by Crippen LogP contribution is 2.43. The summed E-state index contributed by atoms with van der Waals surface area (Å²) in [6.07, 6.45) is 2.75. The lowest BCUT2D eigenvalue weighted by atomic mass is 9.85. The third-order valence-corrected chi connectivity index (χ3v) is 9.36. The molecule has 2 aromatic rings. The largest absolute Gasteiger partial charge is 0.455 e. The molecular weight excluding hydrogens is 564 g/mol. The Bertz CT molecular complexity index is 1350. The number of amides is 1. The Labute approximate surface area is 259 Å². The van der Waals surface area contributed by atoms with Crippen LogP contribution in [0.15, 0.2) is 18.5 Å². The lowest BCUT2D eigenvalue weighted by Crippen LogP contribution is -2.54. The number of piperidine rings is 1. The van der Waals surface area contributed by atoms with Crippen molar-refractivity contribution < 1.29 is 28.6 Å². The van der Waals surface area contributed by atoms with Gasteiger partial charge in [-0.25, -0.2) is 9.50 Å². The van der Waals surface area contributed by atoms with Crippen LogP contribution in [0.4, 0.5) is 5.82 Å². The van der Waals surface area contributed by atoms with E-state index in [1.165, 1.54) is 6.33 Å². The second-order valence-corrected chi connectivity index (χ2v) is 13.6. The molecule has 5 rings (SSSR count). The number of aromatic nitrogens is 3. The third-order valence-electron chi connectivity index (χ3n) is 9.36. The SMILES string of the molecule is CC(C)C(=O)Nc1ncnn2c([C@@H]3O[C@H](CN4CCCC45CCN(C)CC5)[C@@H](OC(=O)C(C)C)[C@H]3OC(=O)C(C)C)ccc12. The second-order valence-electron chi connectivity index (χ2n) is 13.6. The standard InChI is InChI=1S/C32H48N6O6/c1-19(2)29(39)35-28-23-10-9-22(38(23)34-18-33-28)25-27(44-31(41)21(5)6)26(43-30(40)20(3)4)24(42-25)17-37-14-8-11-32(37)12-15-36(7)16-13-32/h9-10,18-21,24-27H,8,11-17H2,1-7H3,(H,33,34,35,39)/t24-,25+,26-,27+/m1/s1. The van der Waals surface area contributed by atoms with Crippen molar-refractivity contribution in [1.82, 2.24) is 24.4 Å². The number of nitrogens with zero attached hydrogens (tertiary/aromatic N) is 5. The van der Waals surface area contributed by atoms with Crippen molar-refractivity contribution in [2.45, 2.75) is 97.2 Å². The first-order valence-electron chi connectivity index (χ1n) is 16.0. The van der Waals surface area contributed by atoms with Gasteiger partial charge in [-0.1, -0.05) is 41.5 Å². The molecule has 242 valence electrons. The Balaban J connectivity index is 1.52. The number of esters is 2. The van der Waals surface area contributed by atoms with Crippen LogP contribution >= 0.6 is 0 Å². The summed E-state index contributed by atoms with van der Waals surface area (Å²) >= 11 is 0. The van der Waals surface area contributed by atoms with E-state index in [0.717, 1.165) is 45.3 Å². The van der Waals surface area contributed by atoms with Crippen LogP contribution in [0, 0.1) is 17.8 Å². The molecule has 3 aliphatic rings. The maximum absolute atomic E-state index is 13.1. The summed E-state index contributed by atoms with van der Waals surface area (Å²) in [5.74, 6) is -1.54. The molecule has 12 heteroatoms. The highest BCUT2D eigenvalue weighted by Gasteiger charge is 2.54. The quantitative estimate of drug-likeness (QED) is 0.421. The van der Waals surface area contributed by atoms with Gasteiger partial charge in [0.05, 0.1) is 17.5 Å². The molecular formula is C32H48N6O6. The molecule has 12 nitrogen and oxygen atoms in total. The molecule has 3 saturated heterocycles. The normalized spacial score (nSPS) is 25.9. The van der Waals surface area contributed by atoms with E-state index in [1.54, 1.807) is 32.2 Å². The molecule has 4 atom stereocenters. The van der Waals surface area contributed by atoms with Gasteiger partial charge in [0, 0.05) is 18.0 Å². The smallest absolute Gasteiger partial charge is 0.308 e. The first-order chi connectivity index (χ1) is 20.9. The van der Waals surface area contributed by atoms with Gasteiger partial charge in [-0.15, -0.1) is 0 Å². The Hall–Kier alpha value is -3.09. The molecule has 0 saturated carbocycles. The van der Waals surface area contributed by atoms with E-state index in [1.807, 2.05) is 26.0 Å². The predicted octanol–water partition coefficient (Wildman–Crippen LogP) is 3.46. The Morgan fingerprint density at radius 2 is 1.61 bits per heavy atom. The van der Waals surface area contributed by atoms with Gasteiger partial charge >= 0.3 is 11.9 Å². The molecule has 3 fully saturated rings. The minimum absolute atomic E-state index is 0.0865. The summed E-state index contributed by atoms with van der Waals surface area (Å²) in [4.78, 5) is 47.9. The van der Waals surface area contributed by atoms with Crippen molar-refractivity contribution in [2.24, 2.45) is 17.8 Å². The average Bonchev–Trinajstić information content (AvgIpc) is 3.67. The molecule has 0 bridgehead atoms. The lowest BCUT2D eigenvalue weighted by Gasteiger charge is -2.45. The van der Waals surface area contributed by atoms with Crippen molar-refractivity contribution in [3.8, 4) is 0 Å². The van der Waals surface area contributed by atoms with E-state index in [-0.39, 0.29) is 35.2 Å². The Morgan fingerprint density at radius 3 is 2.25 bits per heavy atom. The van der Waals surface area contributed by atoms with Crippen molar-refractivity contribution in [2.75, 3.05) is 38.5 Å². The maximum atomic E-state index is 13.1. The number of nitrogens with one attached hydrogen (secondary N) is 1. The summed E-state index contributed by atoms with van der Waals surface area (Å²) < 4.78 is 20.7. The molecule has 0 aromatic carbocycles. The van der Waals surface area contributed by atoms with Crippen LogP contribution in [0.5, 0.6) is 0 Å². The first-order valence-corrected chi connectivity index (χ1v) is 16.0. The molecule has 1 N–H and O–H groups in total. The van der Waals surface area contributed by atoms with Crippen LogP contribution in [0.3, 0.4) is 0 Å². The van der Waals surface area contributed by atoms with E-state index >= 15 is 0 Å². The summed E-state index contributed by atoms with van der Waals surface area (Å²) in [6, 6.07) is 3.65. The first kappa shape index (κ1) is 32.3. The minimum atomic E-state index is -0.893. The number of likely N-dealkylation sites (tertiary alicyclic amines) is 2. The fourth-order valence-corrected chi connectivity index (χ4v) is 6.55. The van der Waals surface area contributed by atoms with Gasteiger partial charge in [-0.3, -0.25) is 19.3 Å². The van der Waals surface area contributed by atoms with Gasteiger partial charge in [0.25, 0.3) is 0 Å². The van der Waals surface area contributed by atoms with E-state index in [2.05, 4.69) is 32.2 Å².